The van der Waals surface area contributed by atoms with Gasteiger partial charge in [0.15, 0.2) is 11.5 Å². The lowest BCUT2D eigenvalue weighted by molar-refractivity contribution is -0.119. The van der Waals surface area contributed by atoms with Gasteiger partial charge in [-0.15, -0.1) is 10.2 Å². The van der Waals surface area contributed by atoms with Gasteiger partial charge in [-0.3, -0.25) is 4.79 Å². The maximum Gasteiger partial charge on any atom is 0.163 e. The molecule has 1 saturated heterocycles. The standard InChI is InChI=1S/C21H24N4O2/c1-15(14-26)18-4-2-16(3-5-18)10-20(27)11-17-8-9-25(13-17)21-7-6-19(12-22)23-24-21/h2-7,15,17,26H,8-11,13-14H2,1H3. The van der Waals surface area contributed by atoms with Crippen LogP contribution >= 0.6 is 0 Å². The van der Waals surface area contributed by atoms with Crippen LogP contribution in [0.15, 0.2) is 36.4 Å². The summed E-state index contributed by atoms with van der Waals surface area (Å²) in [6.45, 7) is 3.75. The summed E-state index contributed by atoms with van der Waals surface area (Å²) in [5.74, 6) is 1.45. The summed E-state index contributed by atoms with van der Waals surface area (Å²) < 4.78 is 0. The Morgan fingerprint density at radius 2 is 2.07 bits per heavy atom. The average Bonchev–Trinajstić information content (AvgIpc) is 3.16. The van der Waals surface area contributed by atoms with Crippen molar-refractivity contribution in [2.24, 2.45) is 5.92 Å². The number of hydrogen-bond acceptors (Lipinski definition) is 6. The highest BCUT2D eigenvalue weighted by atomic mass is 16.3. The Morgan fingerprint density at radius 1 is 1.30 bits per heavy atom. The number of Topliss-reactive ketones (excluding diaryl/α,β-unsaturated/α-hetero) is 1. The minimum absolute atomic E-state index is 0.115. The first-order chi connectivity index (χ1) is 13.1. The maximum absolute atomic E-state index is 12.4. The fourth-order valence-electron chi connectivity index (χ4n) is 3.45. The fraction of sp³-hybridized carbons (Fsp3) is 0.429. The van der Waals surface area contributed by atoms with Gasteiger partial charge in [0, 0.05) is 38.5 Å². The predicted molar refractivity (Wildman–Crippen MR) is 102 cm³/mol. The molecular weight excluding hydrogens is 340 g/mol. The second-order valence-electron chi connectivity index (χ2n) is 7.23. The van der Waals surface area contributed by atoms with Crippen molar-refractivity contribution in [2.45, 2.75) is 32.1 Å². The summed E-state index contributed by atoms with van der Waals surface area (Å²) in [6.07, 6.45) is 1.97. The molecule has 6 heteroatoms. The van der Waals surface area contributed by atoms with Crippen LogP contribution in [0.5, 0.6) is 0 Å². The van der Waals surface area contributed by atoms with E-state index in [0.29, 0.717) is 24.5 Å². The molecule has 1 N–H and O–H groups in total. The SMILES string of the molecule is CC(CO)c1ccc(CC(=O)CC2CCN(c3ccc(C#N)nn3)C2)cc1. The lowest BCUT2D eigenvalue weighted by atomic mass is 9.96. The predicted octanol–water partition coefficient (Wildman–Crippen LogP) is 2.47. The molecule has 2 atom stereocenters. The third-order valence-electron chi connectivity index (χ3n) is 5.12. The molecule has 0 saturated carbocycles. The molecule has 0 radical (unpaired) electrons. The van der Waals surface area contributed by atoms with Crippen molar-refractivity contribution < 1.29 is 9.90 Å². The van der Waals surface area contributed by atoms with Gasteiger partial charge in [-0.25, -0.2) is 0 Å². The number of carbonyl (C=O) groups is 1. The van der Waals surface area contributed by atoms with Crippen molar-refractivity contribution in [3.05, 3.63) is 53.2 Å². The van der Waals surface area contributed by atoms with Crippen LogP contribution < -0.4 is 4.90 Å². The minimum Gasteiger partial charge on any atom is -0.396 e. The van der Waals surface area contributed by atoms with Crippen LogP contribution in [0.3, 0.4) is 0 Å². The van der Waals surface area contributed by atoms with Crippen LogP contribution in [0.1, 0.15) is 42.5 Å². The van der Waals surface area contributed by atoms with Crippen LogP contribution in [-0.4, -0.2) is 40.8 Å². The summed E-state index contributed by atoms with van der Waals surface area (Å²) >= 11 is 0. The molecular formula is C21H24N4O2. The Labute approximate surface area is 159 Å². The normalized spacial score (nSPS) is 17.5. The maximum atomic E-state index is 12.4. The Kier molecular flexibility index (Phi) is 6.15. The minimum atomic E-state index is 0.115. The van der Waals surface area contributed by atoms with Crippen molar-refractivity contribution in [3.63, 3.8) is 0 Å². The Morgan fingerprint density at radius 3 is 2.70 bits per heavy atom. The smallest absolute Gasteiger partial charge is 0.163 e. The van der Waals surface area contributed by atoms with Crippen molar-refractivity contribution in [1.82, 2.24) is 10.2 Å². The first-order valence-corrected chi connectivity index (χ1v) is 9.29. The number of carbonyl (C=O) groups excluding carboxylic acids is 1. The molecule has 2 heterocycles. The zero-order chi connectivity index (χ0) is 19.2. The largest absolute Gasteiger partial charge is 0.396 e. The average molecular weight is 364 g/mol. The number of rotatable bonds is 7. The Hall–Kier alpha value is -2.78. The van der Waals surface area contributed by atoms with E-state index in [0.717, 1.165) is 36.5 Å². The molecule has 6 nitrogen and oxygen atoms in total. The van der Waals surface area contributed by atoms with Gasteiger partial charge in [0.25, 0.3) is 0 Å². The van der Waals surface area contributed by atoms with E-state index in [1.807, 2.05) is 43.3 Å². The number of hydrogen-bond donors (Lipinski definition) is 1. The van der Waals surface area contributed by atoms with Crippen molar-refractivity contribution >= 4 is 11.6 Å². The highest BCUT2D eigenvalue weighted by Gasteiger charge is 2.25. The summed E-state index contributed by atoms with van der Waals surface area (Å²) in [7, 11) is 0. The molecule has 3 rings (SSSR count). The zero-order valence-electron chi connectivity index (χ0n) is 15.5. The molecule has 2 unspecified atom stereocenters. The number of aliphatic hydroxyl groups excluding tert-OH is 1. The van der Waals surface area contributed by atoms with Gasteiger partial charge in [-0.2, -0.15) is 5.26 Å². The molecule has 1 aliphatic heterocycles. The molecule has 1 fully saturated rings. The third kappa shape index (κ3) is 4.89. The van der Waals surface area contributed by atoms with E-state index >= 15 is 0 Å². The number of benzene rings is 1. The van der Waals surface area contributed by atoms with E-state index in [4.69, 9.17) is 5.26 Å². The molecule has 1 aromatic heterocycles. The fourth-order valence-corrected chi connectivity index (χ4v) is 3.45. The summed E-state index contributed by atoms with van der Waals surface area (Å²) in [4.78, 5) is 14.6. The number of aliphatic hydroxyl groups is 1. The zero-order valence-corrected chi connectivity index (χ0v) is 15.5. The lowest BCUT2D eigenvalue weighted by Crippen LogP contribution is -2.22. The molecule has 0 spiro atoms. The number of nitrogens with zero attached hydrogens (tertiary/aromatic N) is 4. The van der Waals surface area contributed by atoms with E-state index < -0.39 is 0 Å². The van der Waals surface area contributed by atoms with E-state index in [1.54, 1.807) is 6.07 Å². The van der Waals surface area contributed by atoms with Crippen LogP contribution in [0.2, 0.25) is 0 Å². The lowest BCUT2D eigenvalue weighted by Gasteiger charge is -2.16. The Bertz CT molecular complexity index is 812. The summed E-state index contributed by atoms with van der Waals surface area (Å²) in [5.41, 5.74) is 2.41. The second-order valence-corrected chi connectivity index (χ2v) is 7.23. The number of aromatic nitrogens is 2. The monoisotopic (exact) mass is 364 g/mol. The number of nitriles is 1. The molecule has 27 heavy (non-hydrogen) atoms. The van der Waals surface area contributed by atoms with Crippen LogP contribution in [-0.2, 0) is 11.2 Å². The van der Waals surface area contributed by atoms with E-state index in [-0.39, 0.29) is 18.3 Å². The second kappa shape index (κ2) is 8.74. The Balaban J connectivity index is 1.50. The first kappa shape index (κ1) is 19.0. The van der Waals surface area contributed by atoms with Crippen molar-refractivity contribution in [2.75, 3.05) is 24.6 Å². The number of ketones is 1. The topological polar surface area (TPSA) is 90.1 Å². The van der Waals surface area contributed by atoms with Gasteiger partial charge in [0.2, 0.25) is 0 Å². The van der Waals surface area contributed by atoms with Gasteiger partial charge in [0.05, 0.1) is 0 Å². The molecule has 2 aromatic rings. The summed E-state index contributed by atoms with van der Waals surface area (Å²) in [6, 6.07) is 13.4. The molecule has 1 aromatic carbocycles. The molecule has 140 valence electrons. The van der Waals surface area contributed by atoms with Gasteiger partial charge in [-0.1, -0.05) is 31.2 Å². The highest BCUT2D eigenvalue weighted by molar-refractivity contribution is 5.81. The van der Waals surface area contributed by atoms with Gasteiger partial charge < -0.3 is 10.0 Å². The molecule has 1 aliphatic rings. The van der Waals surface area contributed by atoms with Crippen LogP contribution in [0.4, 0.5) is 5.82 Å². The van der Waals surface area contributed by atoms with E-state index in [2.05, 4.69) is 15.1 Å². The van der Waals surface area contributed by atoms with E-state index in [1.165, 1.54) is 0 Å². The van der Waals surface area contributed by atoms with Crippen molar-refractivity contribution in [3.8, 4) is 6.07 Å². The molecule has 0 aliphatic carbocycles. The summed E-state index contributed by atoms with van der Waals surface area (Å²) in [5, 5.41) is 26.0. The third-order valence-corrected chi connectivity index (χ3v) is 5.12. The first-order valence-electron chi connectivity index (χ1n) is 9.29. The van der Waals surface area contributed by atoms with Crippen molar-refractivity contribution in [1.29, 1.82) is 5.26 Å². The number of anilines is 1. The highest BCUT2D eigenvalue weighted by Crippen LogP contribution is 2.25. The molecule has 0 bridgehead atoms. The van der Waals surface area contributed by atoms with Crippen LogP contribution in [0.25, 0.3) is 0 Å². The molecule has 0 amide bonds. The van der Waals surface area contributed by atoms with Gasteiger partial charge in [-0.05, 0) is 35.6 Å². The van der Waals surface area contributed by atoms with Crippen LogP contribution in [0, 0.1) is 17.2 Å². The van der Waals surface area contributed by atoms with Gasteiger partial charge in [0.1, 0.15) is 11.9 Å². The van der Waals surface area contributed by atoms with E-state index in [9.17, 15) is 9.90 Å². The quantitative estimate of drug-likeness (QED) is 0.812. The van der Waals surface area contributed by atoms with Gasteiger partial charge >= 0.3 is 0 Å².